The Morgan fingerprint density at radius 3 is 2.42 bits per heavy atom. The number of fused-ring (bicyclic) bond motifs is 1. The third kappa shape index (κ3) is 5.09. The summed E-state index contributed by atoms with van der Waals surface area (Å²) in [7, 11) is -2.01. The summed E-state index contributed by atoms with van der Waals surface area (Å²) in [5.74, 6) is 0.388. The highest BCUT2D eigenvalue weighted by molar-refractivity contribution is 7.90. The number of carbonyl (C=O) groups is 1. The van der Waals surface area contributed by atoms with Gasteiger partial charge in [-0.25, -0.2) is 8.42 Å². The fraction of sp³-hybridized carbons (Fsp3) is 0.192. The van der Waals surface area contributed by atoms with Gasteiger partial charge < -0.3 is 14.6 Å². The van der Waals surface area contributed by atoms with Gasteiger partial charge in [0.2, 0.25) is 5.91 Å². The molecule has 0 saturated carbocycles. The summed E-state index contributed by atoms with van der Waals surface area (Å²) < 4.78 is 33.5. The Hall–Kier alpha value is -3.58. The van der Waals surface area contributed by atoms with Crippen molar-refractivity contribution in [1.82, 2.24) is 9.88 Å². The number of hydrogen-bond acceptors (Lipinski definition) is 4. The zero-order chi connectivity index (χ0) is 23.4. The van der Waals surface area contributed by atoms with Crippen LogP contribution in [0.2, 0.25) is 0 Å². The molecule has 0 bridgehead atoms. The minimum Gasteiger partial charge on any atom is -0.496 e. The average Bonchev–Trinajstić information content (AvgIpc) is 3.18. The Labute approximate surface area is 193 Å². The normalized spacial score (nSPS) is 11.5. The van der Waals surface area contributed by atoms with Crippen LogP contribution in [-0.4, -0.2) is 26.0 Å². The molecule has 0 radical (unpaired) electrons. The lowest BCUT2D eigenvalue weighted by atomic mass is 10.2. The third-order valence-corrected chi connectivity index (χ3v) is 7.26. The van der Waals surface area contributed by atoms with Crippen molar-refractivity contribution in [2.24, 2.45) is 0 Å². The molecule has 0 fully saturated rings. The predicted octanol–water partition coefficient (Wildman–Crippen LogP) is 4.25. The minimum absolute atomic E-state index is 0.00964. The molecule has 0 atom stereocenters. The number of sulfone groups is 1. The molecule has 0 spiro atoms. The molecule has 0 aliphatic heterocycles. The van der Waals surface area contributed by atoms with E-state index in [1.165, 1.54) is 0 Å². The number of nitrogens with one attached hydrogen (secondary N) is 1. The smallest absolute Gasteiger partial charge is 0.240 e. The van der Waals surface area contributed by atoms with E-state index in [4.69, 9.17) is 4.74 Å². The molecular weight excluding hydrogens is 436 g/mol. The van der Waals surface area contributed by atoms with Gasteiger partial charge >= 0.3 is 0 Å². The first-order valence-corrected chi connectivity index (χ1v) is 12.3. The second kappa shape index (κ2) is 9.50. The predicted molar refractivity (Wildman–Crippen MR) is 129 cm³/mol. The van der Waals surface area contributed by atoms with Crippen molar-refractivity contribution in [2.75, 3.05) is 7.11 Å². The van der Waals surface area contributed by atoms with Crippen molar-refractivity contribution in [2.45, 2.75) is 30.7 Å². The molecule has 7 heteroatoms. The zero-order valence-electron chi connectivity index (χ0n) is 18.6. The first kappa shape index (κ1) is 22.6. The number of amides is 1. The van der Waals surface area contributed by atoms with Crippen molar-refractivity contribution < 1.29 is 17.9 Å². The molecule has 4 aromatic rings. The Kier molecular flexibility index (Phi) is 6.51. The molecular formula is C26H26N2O4S. The Balaban J connectivity index is 1.56. The summed E-state index contributed by atoms with van der Waals surface area (Å²) in [6.07, 6.45) is 1.57. The third-order valence-electron chi connectivity index (χ3n) is 5.55. The second-order valence-electron chi connectivity index (χ2n) is 7.97. The van der Waals surface area contributed by atoms with Gasteiger partial charge in [-0.05, 0) is 24.6 Å². The van der Waals surface area contributed by atoms with Gasteiger partial charge in [-0.15, -0.1) is 0 Å². The summed E-state index contributed by atoms with van der Waals surface area (Å²) >= 11 is 0. The van der Waals surface area contributed by atoms with E-state index in [1.54, 1.807) is 30.0 Å². The minimum atomic E-state index is -3.60. The number of aromatic nitrogens is 1. The first-order chi connectivity index (χ1) is 15.9. The van der Waals surface area contributed by atoms with Gasteiger partial charge in [-0.2, -0.15) is 0 Å². The van der Waals surface area contributed by atoms with Crippen molar-refractivity contribution in [3.8, 4) is 5.75 Å². The van der Waals surface area contributed by atoms with Crippen LogP contribution in [0.25, 0.3) is 10.9 Å². The molecule has 33 heavy (non-hydrogen) atoms. The standard InChI is InChI=1S/C26H26N2O4S/c1-19-11-13-20(14-12-19)18-33(30,31)25-16-28(23-9-5-4-8-22(23)25)17-26(29)27-15-21-7-3-6-10-24(21)32-2/h3-14,16H,15,17-18H2,1-2H3,(H,27,29). The van der Waals surface area contributed by atoms with Crippen molar-refractivity contribution in [3.63, 3.8) is 0 Å². The van der Waals surface area contributed by atoms with Gasteiger partial charge in [0.1, 0.15) is 12.3 Å². The molecule has 0 aliphatic carbocycles. The van der Waals surface area contributed by atoms with Crippen LogP contribution in [0.15, 0.2) is 83.9 Å². The van der Waals surface area contributed by atoms with E-state index < -0.39 is 9.84 Å². The van der Waals surface area contributed by atoms with Crippen LogP contribution in [0.4, 0.5) is 0 Å². The lowest BCUT2D eigenvalue weighted by molar-refractivity contribution is -0.121. The van der Waals surface area contributed by atoms with E-state index in [1.807, 2.05) is 67.6 Å². The number of para-hydroxylation sites is 2. The van der Waals surface area contributed by atoms with Gasteiger partial charge in [-0.1, -0.05) is 66.2 Å². The Bertz CT molecular complexity index is 1390. The molecule has 0 unspecified atom stereocenters. The monoisotopic (exact) mass is 462 g/mol. The molecule has 3 aromatic carbocycles. The SMILES string of the molecule is COc1ccccc1CNC(=O)Cn1cc(S(=O)(=O)Cc2ccc(C)cc2)c2ccccc21. The lowest BCUT2D eigenvalue weighted by Gasteiger charge is -2.10. The first-order valence-electron chi connectivity index (χ1n) is 10.6. The van der Waals surface area contributed by atoms with Crippen molar-refractivity contribution >= 4 is 26.6 Å². The van der Waals surface area contributed by atoms with E-state index in [-0.39, 0.29) is 23.1 Å². The number of methoxy groups -OCH3 is 1. The van der Waals surface area contributed by atoms with Gasteiger partial charge in [0.15, 0.2) is 9.84 Å². The maximum atomic E-state index is 13.3. The number of aryl methyl sites for hydroxylation is 1. The van der Waals surface area contributed by atoms with Crippen LogP contribution in [0.1, 0.15) is 16.7 Å². The molecule has 1 amide bonds. The highest BCUT2D eigenvalue weighted by atomic mass is 32.2. The fourth-order valence-electron chi connectivity index (χ4n) is 3.83. The summed E-state index contributed by atoms with van der Waals surface area (Å²) in [4.78, 5) is 12.9. The van der Waals surface area contributed by atoms with E-state index in [0.29, 0.717) is 23.2 Å². The number of rotatable bonds is 8. The largest absolute Gasteiger partial charge is 0.496 e. The van der Waals surface area contributed by atoms with Crippen LogP contribution in [0, 0.1) is 6.92 Å². The molecule has 1 N–H and O–H groups in total. The van der Waals surface area contributed by atoms with E-state index >= 15 is 0 Å². The zero-order valence-corrected chi connectivity index (χ0v) is 19.4. The van der Waals surface area contributed by atoms with Crippen LogP contribution >= 0.6 is 0 Å². The number of benzene rings is 3. The van der Waals surface area contributed by atoms with Gasteiger partial charge in [0.05, 0.1) is 17.8 Å². The van der Waals surface area contributed by atoms with E-state index in [2.05, 4.69) is 5.32 Å². The maximum absolute atomic E-state index is 13.3. The molecule has 170 valence electrons. The lowest BCUT2D eigenvalue weighted by Crippen LogP contribution is -2.27. The summed E-state index contributed by atoms with van der Waals surface area (Å²) in [6, 6.07) is 22.2. The number of hydrogen-bond donors (Lipinski definition) is 1. The summed E-state index contributed by atoms with van der Waals surface area (Å²) in [5, 5.41) is 3.50. The Morgan fingerprint density at radius 2 is 1.67 bits per heavy atom. The van der Waals surface area contributed by atoms with Gasteiger partial charge in [0, 0.05) is 29.2 Å². The van der Waals surface area contributed by atoms with Crippen molar-refractivity contribution in [1.29, 1.82) is 0 Å². The average molecular weight is 463 g/mol. The van der Waals surface area contributed by atoms with Crippen molar-refractivity contribution in [3.05, 3.63) is 95.7 Å². The number of carbonyl (C=O) groups excluding carboxylic acids is 1. The van der Waals surface area contributed by atoms with Gasteiger partial charge in [-0.3, -0.25) is 4.79 Å². The molecule has 1 heterocycles. The summed E-state index contributed by atoms with van der Waals surface area (Å²) in [6.45, 7) is 2.29. The molecule has 0 aliphatic rings. The molecule has 1 aromatic heterocycles. The maximum Gasteiger partial charge on any atom is 0.240 e. The number of nitrogens with zero attached hydrogens (tertiary/aromatic N) is 1. The fourth-order valence-corrected chi connectivity index (χ4v) is 5.41. The molecule has 4 rings (SSSR count). The Morgan fingerprint density at radius 1 is 0.970 bits per heavy atom. The van der Waals surface area contributed by atoms with Crippen LogP contribution < -0.4 is 10.1 Å². The highest BCUT2D eigenvalue weighted by Crippen LogP contribution is 2.28. The van der Waals surface area contributed by atoms with E-state index in [9.17, 15) is 13.2 Å². The molecule has 6 nitrogen and oxygen atoms in total. The van der Waals surface area contributed by atoms with Crippen LogP contribution in [-0.2, 0) is 33.5 Å². The molecule has 0 saturated heterocycles. The van der Waals surface area contributed by atoms with E-state index in [0.717, 1.165) is 16.7 Å². The quantitative estimate of drug-likeness (QED) is 0.425. The topological polar surface area (TPSA) is 77.4 Å². The van der Waals surface area contributed by atoms with Crippen LogP contribution in [0.3, 0.4) is 0 Å². The van der Waals surface area contributed by atoms with Gasteiger partial charge in [0.25, 0.3) is 0 Å². The summed E-state index contributed by atoms with van der Waals surface area (Å²) in [5.41, 5.74) is 3.37. The number of ether oxygens (including phenoxy) is 1. The second-order valence-corrected chi connectivity index (χ2v) is 9.93. The highest BCUT2D eigenvalue weighted by Gasteiger charge is 2.22. The van der Waals surface area contributed by atoms with Crippen LogP contribution in [0.5, 0.6) is 5.75 Å².